The molecule has 2 N–H and O–H groups in total. The first-order valence-corrected chi connectivity index (χ1v) is 10.5. The molecule has 0 radical (unpaired) electrons. The molecule has 1 aliphatic carbocycles. The summed E-state index contributed by atoms with van der Waals surface area (Å²) in [4.78, 5) is 19.9. The van der Waals surface area contributed by atoms with Gasteiger partial charge in [0, 0.05) is 17.4 Å². The summed E-state index contributed by atoms with van der Waals surface area (Å²) in [5.74, 6) is 0.248. The third-order valence-electron chi connectivity index (χ3n) is 5.79. The number of nitrogens with zero attached hydrogens (tertiary/aromatic N) is 5. The summed E-state index contributed by atoms with van der Waals surface area (Å²) in [6, 6.07) is 8.78. The van der Waals surface area contributed by atoms with Crippen LogP contribution < -0.4 is 10.1 Å². The fraction of sp³-hybridized carbons (Fsp3) is 0.348. The van der Waals surface area contributed by atoms with Gasteiger partial charge in [-0.1, -0.05) is 12.8 Å². The highest BCUT2D eigenvalue weighted by Gasteiger charge is 2.25. The molecule has 1 aliphatic rings. The van der Waals surface area contributed by atoms with Gasteiger partial charge in [0.15, 0.2) is 5.75 Å². The van der Waals surface area contributed by atoms with Crippen molar-refractivity contribution in [1.29, 1.82) is 5.26 Å². The van der Waals surface area contributed by atoms with Crippen molar-refractivity contribution in [2.75, 3.05) is 12.4 Å². The van der Waals surface area contributed by atoms with E-state index < -0.39 is 5.97 Å². The minimum atomic E-state index is -0.983. The first-order valence-electron chi connectivity index (χ1n) is 10.5. The van der Waals surface area contributed by atoms with Crippen molar-refractivity contribution < 1.29 is 14.6 Å². The highest BCUT2D eigenvalue weighted by molar-refractivity contribution is 5.88. The van der Waals surface area contributed by atoms with Crippen molar-refractivity contribution >= 4 is 17.6 Å². The number of benzene rings is 1. The van der Waals surface area contributed by atoms with Crippen molar-refractivity contribution in [2.24, 2.45) is 11.8 Å². The maximum Gasteiger partial charge on any atom is 0.335 e. The van der Waals surface area contributed by atoms with Crippen molar-refractivity contribution in [3.63, 3.8) is 0 Å². The Morgan fingerprint density at radius 1 is 1.31 bits per heavy atom. The number of aromatic nitrogens is 4. The largest absolute Gasteiger partial charge is 0.493 e. The highest BCUT2D eigenvalue weighted by Crippen LogP contribution is 2.33. The van der Waals surface area contributed by atoms with E-state index in [-0.39, 0.29) is 11.5 Å². The van der Waals surface area contributed by atoms with Crippen LogP contribution in [0.5, 0.6) is 5.75 Å². The molecule has 1 unspecified atom stereocenters. The molecule has 0 amide bonds. The van der Waals surface area contributed by atoms with E-state index in [1.165, 1.54) is 25.0 Å². The first-order chi connectivity index (χ1) is 15.6. The normalized spacial score (nSPS) is 14.6. The second kappa shape index (κ2) is 9.47. The Kier molecular flexibility index (Phi) is 6.31. The molecule has 0 aliphatic heterocycles. The third kappa shape index (κ3) is 4.70. The van der Waals surface area contributed by atoms with Crippen LogP contribution in [0.3, 0.4) is 0 Å². The molecule has 32 heavy (non-hydrogen) atoms. The van der Waals surface area contributed by atoms with Crippen LogP contribution in [0.1, 0.15) is 36.0 Å². The van der Waals surface area contributed by atoms with E-state index in [2.05, 4.69) is 26.5 Å². The second-order valence-electron chi connectivity index (χ2n) is 7.85. The van der Waals surface area contributed by atoms with Crippen LogP contribution >= 0.6 is 0 Å². The van der Waals surface area contributed by atoms with Crippen LogP contribution in [0.2, 0.25) is 0 Å². The summed E-state index contributed by atoms with van der Waals surface area (Å²) in [6.07, 6.45) is 9.75. The van der Waals surface area contributed by atoms with Gasteiger partial charge in [0.2, 0.25) is 5.95 Å². The molecule has 2 heterocycles. The maximum absolute atomic E-state index is 11.0. The van der Waals surface area contributed by atoms with Crippen LogP contribution in [-0.2, 0) is 6.54 Å². The van der Waals surface area contributed by atoms with E-state index in [9.17, 15) is 10.1 Å². The Hall–Kier alpha value is -3.93. The van der Waals surface area contributed by atoms with Gasteiger partial charge < -0.3 is 15.2 Å². The van der Waals surface area contributed by atoms with Crippen molar-refractivity contribution in [2.45, 2.75) is 32.2 Å². The zero-order chi connectivity index (χ0) is 22.5. The van der Waals surface area contributed by atoms with Gasteiger partial charge in [-0.05, 0) is 43.0 Å². The maximum atomic E-state index is 11.0. The number of rotatable bonds is 8. The number of hydrogen-bond acceptors (Lipinski definition) is 7. The quantitative estimate of drug-likeness (QED) is 0.544. The molecule has 2 aromatic heterocycles. The zero-order valence-corrected chi connectivity index (χ0v) is 17.7. The monoisotopic (exact) mass is 432 g/mol. The molecular formula is C23H24N6O3. The van der Waals surface area contributed by atoms with E-state index in [0.29, 0.717) is 35.5 Å². The molecule has 4 rings (SSSR count). The Balaban J connectivity index is 1.54. The summed E-state index contributed by atoms with van der Waals surface area (Å²) in [7, 11) is 1.55. The molecule has 9 nitrogen and oxygen atoms in total. The van der Waals surface area contributed by atoms with E-state index in [4.69, 9.17) is 9.84 Å². The lowest BCUT2D eigenvalue weighted by atomic mass is 9.92. The molecule has 1 aromatic carbocycles. The lowest BCUT2D eigenvalue weighted by Gasteiger charge is -2.15. The average Bonchev–Trinajstić information content (AvgIpc) is 3.50. The number of methoxy groups -OCH3 is 1. The number of hydrogen-bond donors (Lipinski definition) is 2. The molecule has 3 aromatic rings. The van der Waals surface area contributed by atoms with Gasteiger partial charge in [0.05, 0.1) is 43.6 Å². The highest BCUT2D eigenvalue weighted by atomic mass is 16.5. The molecule has 0 bridgehead atoms. The zero-order valence-electron chi connectivity index (χ0n) is 17.7. The fourth-order valence-corrected chi connectivity index (χ4v) is 4.05. The summed E-state index contributed by atoms with van der Waals surface area (Å²) < 4.78 is 7.22. The number of carboxylic acid groups (broad SMARTS) is 1. The number of carbonyl (C=O) groups is 1. The fourth-order valence-electron chi connectivity index (χ4n) is 4.05. The Morgan fingerprint density at radius 2 is 2.06 bits per heavy atom. The minimum absolute atomic E-state index is 0.0523. The topological polar surface area (TPSA) is 126 Å². The van der Waals surface area contributed by atoms with E-state index >= 15 is 0 Å². The number of anilines is 2. The van der Waals surface area contributed by atoms with Gasteiger partial charge >= 0.3 is 5.97 Å². The Morgan fingerprint density at radius 3 is 2.72 bits per heavy atom. The summed E-state index contributed by atoms with van der Waals surface area (Å²) >= 11 is 0. The predicted octanol–water partition coefficient (Wildman–Crippen LogP) is 4.12. The Bertz CT molecular complexity index is 1130. The molecule has 0 spiro atoms. The van der Waals surface area contributed by atoms with Crippen molar-refractivity contribution in [3.8, 4) is 23.1 Å². The van der Waals surface area contributed by atoms with Crippen molar-refractivity contribution in [1.82, 2.24) is 19.7 Å². The second-order valence-corrected chi connectivity index (χ2v) is 7.85. The lowest BCUT2D eigenvalue weighted by Crippen LogP contribution is -2.17. The van der Waals surface area contributed by atoms with Gasteiger partial charge in [-0.25, -0.2) is 14.8 Å². The van der Waals surface area contributed by atoms with Crippen LogP contribution in [0, 0.1) is 23.2 Å². The summed E-state index contributed by atoms with van der Waals surface area (Å²) in [5, 5.41) is 26.2. The van der Waals surface area contributed by atoms with Crippen LogP contribution in [-0.4, -0.2) is 37.9 Å². The van der Waals surface area contributed by atoms with Gasteiger partial charge in [0.1, 0.15) is 5.69 Å². The van der Waals surface area contributed by atoms with E-state index in [1.54, 1.807) is 36.3 Å². The predicted molar refractivity (Wildman–Crippen MR) is 118 cm³/mol. The number of nitrogens with one attached hydrogen (secondary N) is 1. The van der Waals surface area contributed by atoms with Gasteiger partial charge in [-0.3, -0.25) is 4.68 Å². The lowest BCUT2D eigenvalue weighted by molar-refractivity contribution is 0.0697. The number of carboxylic acids is 1. The van der Waals surface area contributed by atoms with E-state index in [1.807, 2.05) is 6.20 Å². The van der Waals surface area contributed by atoms with Crippen LogP contribution in [0.15, 0.2) is 42.9 Å². The number of aromatic carboxylic acids is 1. The van der Waals surface area contributed by atoms with Gasteiger partial charge in [0.25, 0.3) is 0 Å². The molecule has 0 saturated heterocycles. The summed E-state index contributed by atoms with van der Waals surface area (Å²) in [5.41, 5.74) is 2.20. The molecule has 9 heteroatoms. The number of nitriles is 1. The standard InChI is InChI=1S/C23H24N6O3/c1-32-20-12-25-23(27-19-8-6-16(7-9-19)22(30)31)28-21(20)18-11-26-29(14-18)13-17(10-24)15-4-2-3-5-15/h6-9,11-12,14-15,17H,2-5,13H2,1H3,(H,30,31)(H,25,27,28). The average molecular weight is 432 g/mol. The van der Waals surface area contributed by atoms with Gasteiger partial charge in [-0.15, -0.1) is 0 Å². The molecule has 1 saturated carbocycles. The molecule has 1 atom stereocenters. The third-order valence-corrected chi connectivity index (χ3v) is 5.79. The summed E-state index contributed by atoms with van der Waals surface area (Å²) in [6.45, 7) is 0.551. The van der Waals surface area contributed by atoms with E-state index in [0.717, 1.165) is 18.4 Å². The molecule has 1 fully saturated rings. The molecular weight excluding hydrogens is 408 g/mol. The van der Waals surface area contributed by atoms with Crippen molar-refractivity contribution in [3.05, 3.63) is 48.4 Å². The van der Waals surface area contributed by atoms with Gasteiger partial charge in [-0.2, -0.15) is 10.4 Å². The SMILES string of the molecule is COc1cnc(Nc2ccc(C(=O)O)cc2)nc1-c1cnn(CC(C#N)C2CCCC2)c1. The first kappa shape index (κ1) is 21.3. The van der Waals surface area contributed by atoms with Crippen LogP contribution in [0.4, 0.5) is 11.6 Å². The Labute approximate surface area is 185 Å². The smallest absolute Gasteiger partial charge is 0.335 e. The molecule has 164 valence electrons. The minimum Gasteiger partial charge on any atom is -0.493 e. The van der Waals surface area contributed by atoms with Crippen LogP contribution in [0.25, 0.3) is 11.3 Å². The number of ether oxygens (including phenoxy) is 1.